The summed E-state index contributed by atoms with van der Waals surface area (Å²) in [5, 5.41) is 12.3. The van der Waals surface area contributed by atoms with Gasteiger partial charge in [0.15, 0.2) is 0 Å². The van der Waals surface area contributed by atoms with Crippen LogP contribution < -0.4 is 11.1 Å². The molecule has 1 amide bonds. The van der Waals surface area contributed by atoms with Gasteiger partial charge in [-0.05, 0) is 18.1 Å². The third-order valence-electron chi connectivity index (χ3n) is 3.20. The maximum Gasteiger partial charge on any atom is 0.326 e. The highest BCUT2D eigenvalue weighted by Crippen LogP contribution is 2.20. The number of hydrogen-bond donors (Lipinski definition) is 3. The number of carboxylic acid groups (broad SMARTS) is 1. The van der Waals surface area contributed by atoms with Gasteiger partial charge < -0.3 is 16.2 Å². The van der Waals surface area contributed by atoms with Crippen LogP contribution in [0.25, 0.3) is 10.9 Å². The summed E-state index contributed by atoms with van der Waals surface area (Å²) in [4.78, 5) is 27.5. The number of benzene rings is 1. The molecule has 1 aromatic heterocycles. The van der Waals surface area contributed by atoms with Crippen LogP contribution in [0.2, 0.25) is 0 Å². The molecule has 4 N–H and O–H groups in total. The molecular weight excluding hydrogens is 270 g/mol. The monoisotopic (exact) mass is 287 g/mol. The zero-order valence-corrected chi connectivity index (χ0v) is 11.8. The molecule has 0 unspecified atom stereocenters. The van der Waals surface area contributed by atoms with Crippen molar-refractivity contribution in [3.63, 3.8) is 0 Å². The third kappa shape index (κ3) is 3.10. The number of pyridine rings is 1. The van der Waals surface area contributed by atoms with E-state index in [1.807, 2.05) is 12.1 Å². The molecular formula is C15H17N3O3. The maximum absolute atomic E-state index is 12.2. The Bertz CT molecular complexity index is 698. The van der Waals surface area contributed by atoms with Crippen LogP contribution in [0, 0.1) is 5.92 Å². The second-order valence-corrected chi connectivity index (χ2v) is 5.15. The molecule has 1 heterocycles. The van der Waals surface area contributed by atoms with Gasteiger partial charge in [-0.2, -0.15) is 0 Å². The van der Waals surface area contributed by atoms with E-state index in [4.69, 9.17) is 10.8 Å². The highest BCUT2D eigenvalue weighted by molar-refractivity contribution is 6.00. The van der Waals surface area contributed by atoms with Crippen molar-refractivity contribution in [2.45, 2.75) is 19.9 Å². The standard InChI is InChI=1S/C15H17N3O3/c1-8(2)13(15(20)21)18-14(19)12-7-10(16)9-5-3-4-6-11(9)17-12/h3-8,13H,1-2H3,(H2,16,17)(H,18,19)(H,20,21)/t13-/m0/s1. The van der Waals surface area contributed by atoms with Gasteiger partial charge >= 0.3 is 5.97 Å². The number of amides is 1. The number of rotatable bonds is 4. The van der Waals surface area contributed by atoms with Crippen molar-refractivity contribution < 1.29 is 14.7 Å². The number of carbonyl (C=O) groups is 2. The van der Waals surface area contributed by atoms with Gasteiger partial charge in [-0.25, -0.2) is 9.78 Å². The number of hydrogen-bond acceptors (Lipinski definition) is 4. The summed E-state index contributed by atoms with van der Waals surface area (Å²) in [5.41, 5.74) is 7.05. The zero-order chi connectivity index (χ0) is 15.6. The number of nitrogens with zero attached hydrogens (tertiary/aromatic N) is 1. The molecule has 0 saturated heterocycles. The lowest BCUT2D eigenvalue weighted by Crippen LogP contribution is -2.44. The van der Waals surface area contributed by atoms with E-state index >= 15 is 0 Å². The predicted molar refractivity (Wildman–Crippen MR) is 79.9 cm³/mol. The molecule has 1 atom stereocenters. The van der Waals surface area contributed by atoms with E-state index in [-0.39, 0.29) is 11.6 Å². The third-order valence-corrected chi connectivity index (χ3v) is 3.20. The van der Waals surface area contributed by atoms with Gasteiger partial charge in [0, 0.05) is 11.1 Å². The number of nitrogens with one attached hydrogen (secondary N) is 1. The Labute approximate surface area is 122 Å². The van der Waals surface area contributed by atoms with Crippen LogP contribution in [0.3, 0.4) is 0 Å². The molecule has 0 aliphatic carbocycles. The summed E-state index contributed by atoms with van der Waals surface area (Å²) in [5.74, 6) is -1.86. The van der Waals surface area contributed by atoms with Gasteiger partial charge in [-0.1, -0.05) is 32.0 Å². The Morgan fingerprint density at radius 2 is 1.95 bits per heavy atom. The smallest absolute Gasteiger partial charge is 0.326 e. The van der Waals surface area contributed by atoms with Gasteiger partial charge in [0.25, 0.3) is 5.91 Å². The summed E-state index contributed by atoms with van der Waals surface area (Å²) in [6.07, 6.45) is 0. The van der Waals surface area contributed by atoms with E-state index in [1.54, 1.807) is 26.0 Å². The molecule has 6 heteroatoms. The summed E-state index contributed by atoms with van der Waals surface area (Å²) < 4.78 is 0. The number of fused-ring (bicyclic) bond motifs is 1. The number of nitrogen functional groups attached to an aromatic ring is 1. The fraction of sp³-hybridized carbons (Fsp3) is 0.267. The SMILES string of the molecule is CC(C)[C@H](NC(=O)c1cc(N)c2ccccc2n1)C(=O)O. The first kappa shape index (κ1) is 14.8. The molecule has 0 spiro atoms. The molecule has 2 aromatic rings. The van der Waals surface area contributed by atoms with Gasteiger partial charge in [-0.15, -0.1) is 0 Å². The zero-order valence-electron chi connectivity index (χ0n) is 11.8. The Balaban J connectivity index is 2.33. The normalized spacial score (nSPS) is 12.3. The van der Waals surface area contributed by atoms with Crippen LogP contribution in [0.5, 0.6) is 0 Å². The van der Waals surface area contributed by atoms with Crippen molar-refractivity contribution in [3.8, 4) is 0 Å². The quantitative estimate of drug-likeness (QED) is 0.793. The van der Waals surface area contributed by atoms with Crippen molar-refractivity contribution in [2.24, 2.45) is 5.92 Å². The molecule has 0 bridgehead atoms. The summed E-state index contributed by atoms with van der Waals surface area (Å²) in [6, 6.07) is 7.68. The van der Waals surface area contributed by atoms with Crippen LogP contribution >= 0.6 is 0 Å². The van der Waals surface area contributed by atoms with Crippen molar-refractivity contribution in [1.82, 2.24) is 10.3 Å². The molecule has 21 heavy (non-hydrogen) atoms. The summed E-state index contributed by atoms with van der Waals surface area (Å²) >= 11 is 0. The molecule has 110 valence electrons. The van der Waals surface area contributed by atoms with Crippen LogP contribution in [0.4, 0.5) is 5.69 Å². The number of aliphatic carboxylic acids is 1. The Kier molecular flexibility index (Phi) is 4.07. The number of nitrogens with two attached hydrogens (primary N) is 1. The first-order chi connectivity index (χ1) is 9.90. The molecule has 0 aliphatic rings. The lowest BCUT2D eigenvalue weighted by Gasteiger charge is -2.17. The average molecular weight is 287 g/mol. The second-order valence-electron chi connectivity index (χ2n) is 5.15. The molecule has 0 fully saturated rings. The minimum Gasteiger partial charge on any atom is -0.480 e. The van der Waals surface area contributed by atoms with E-state index in [2.05, 4.69) is 10.3 Å². The minimum atomic E-state index is -1.08. The molecule has 0 radical (unpaired) electrons. The van der Waals surface area contributed by atoms with E-state index in [9.17, 15) is 9.59 Å². The van der Waals surface area contributed by atoms with Crippen molar-refractivity contribution in [1.29, 1.82) is 0 Å². The minimum absolute atomic E-state index is 0.109. The van der Waals surface area contributed by atoms with Crippen molar-refractivity contribution in [3.05, 3.63) is 36.0 Å². The number of carbonyl (C=O) groups excluding carboxylic acids is 1. The van der Waals surface area contributed by atoms with E-state index in [0.717, 1.165) is 5.39 Å². The first-order valence-corrected chi connectivity index (χ1v) is 6.59. The van der Waals surface area contributed by atoms with Crippen molar-refractivity contribution >= 4 is 28.5 Å². The lowest BCUT2D eigenvalue weighted by atomic mass is 10.0. The molecule has 2 rings (SSSR count). The lowest BCUT2D eigenvalue weighted by molar-refractivity contribution is -0.140. The average Bonchev–Trinajstić information content (AvgIpc) is 2.43. The van der Waals surface area contributed by atoms with Crippen LogP contribution in [0.1, 0.15) is 24.3 Å². The van der Waals surface area contributed by atoms with Crippen LogP contribution in [-0.2, 0) is 4.79 Å². The van der Waals surface area contributed by atoms with E-state index in [0.29, 0.717) is 11.2 Å². The number of anilines is 1. The molecule has 0 aliphatic heterocycles. The largest absolute Gasteiger partial charge is 0.480 e. The molecule has 6 nitrogen and oxygen atoms in total. The number of aromatic nitrogens is 1. The maximum atomic E-state index is 12.2. The summed E-state index contributed by atoms with van der Waals surface area (Å²) in [6.45, 7) is 3.45. The predicted octanol–water partition coefficient (Wildman–Crippen LogP) is 1.66. The molecule has 1 aromatic carbocycles. The topological polar surface area (TPSA) is 105 Å². The Morgan fingerprint density at radius 3 is 2.57 bits per heavy atom. The Hall–Kier alpha value is -2.63. The van der Waals surface area contributed by atoms with Gasteiger partial charge in [0.1, 0.15) is 11.7 Å². The van der Waals surface area contributed by atoms with E-state index in [1.165, 1.54) is 6.07 Å². The highest BCUT2D eigenvalue weighted by atomic mass is 16.4. The van der Waals surface area contributed by atoms with Crippen LogP contribution in [0.15, 0.2) is 30.3 Å². The van der Waals surface area contributed by atoms with Crippen molar-refractivity contribution in [2.75, 3.05) is 5.73 Å². The Morgan fingerprint density at radius 1 is 1.29 bits per heavy atom. The van der Waals surface area contributed by atoms with Gasteiger partial charge in [0.05, 0.1) is 5.52 Å². The first-order valence-electron chi connectivity index (χ1n) is 6.59. The van der Waals surface area contributed by atoms with Gasteiger partial charge in [0.2, 0.25) is 0 Å². The fourth-order valence-electron chi connectivity index (χ4n) is 2.05. The van der Waals surface area contributed by atoms with Crippen LogP contribution in [-0.4, -0.2) is 28.0 Å². The number of para-hydroxylation sites is 1. The fourth-order valence-corrected chi connectivity index (χ4v) is 2.05. The second kappa shape index (κ2) is 5.78. The molecule has 0 saturated carbocycles. The summed E-state index contributed by atoms with van der Waals surface area (Å²) in [7, 11) is 0. The van der Waals surface area contributed by atoms with Gasteiger partial charge in [-0.3, -0.25) is 4.79 Å². The number of carboxylic acids is 1. The van der Waals surface area contributed by atoms with E-state index < -0.39 is 17.9 Å². The highest BCUT2D eigenvalue weighted by Gasteiger charge is 2.24.